The van der Waals surface area contributed by atoms with Crippen LogP contribution in [0.15, 0.2) is 73.6 Å². The number of aryl methyl sites for hydroxylation is 1. The highest BCUT2D eigenvalue weighted by Crippen LogP contribution is 2.34. The molecule has 4 heterocycles. The molecule has 5 aromatic rings. The van der Waals surface area contributed by atoms with Crippen LogP contribution in [0, 0.1) is 0 Å². The lowest BCUT2D eigenvalue weighted by Crippen LogP contribution is -2.08. The number of rotatable bonds is 4. The first kappa shape index (κ1) is 18.8. The van der Waals surface area contributed by atoms with Crippen LogP contribution in [0.4, 0.5) is 0 Å². The van der Waals surface area contributed by atoms with Gasteiger partial charge in [0, 0.05) is 18.0 Å². The summed E-state index contributed by atoms with van der Waals surface area (Å²) >= 11 is 0. The molecule has 0 aliphatic heterocycles. The summed E-state index contributed by atoms with van der Waals surface area (Å²) in [6.07, 6.45) is 11.6. The van der Waals surface area contributed by atoms with Crippen molar-refractivity contribution in [1.29, 1.82) is 0 Å². The zero-order chi connectivity index (χ0) is 21.3. The summed E-state index contributed by atoms with van der Waals surface area (Å²) in [5.41, 5.74) is 9.18. The average molecular weight is 419 g/mol. The normalized spacial score (nSPS) is 13.2. The number of aromatic nitrogens is 6. The Bertz CT molecular complexity index is 1390. The highest BCUT2D eigenvalue weighted by Gasteiger charge is 2.22. The lowest BCUT2D eigenvalue weighted by Gasteiger charge is -2.20. The molecule has 0 saturated heterocycles. The van der Waals surface area contributed by atoms with Crippen LogP contribution >= 0.6 is 0 Å². The number of fused-ring (bicyclic) bond motifs is 2. The van der Waals surface area contributed by atoms with Gasteiger partial charge in [0.05, 0.1) is 24.3 Å². The van der Waals surface area contributed by atoms with Crippen molar-refractivity contribution in [3.8, 4) is 22.6 Å². The molecule has 0 N–H and O–H groups in total. The monoisotopic (exact) mass is 418 g/mol. The highest BCUT2D eigenvalue weighted by molar-refractivity contribution is 5.88. The van der Waals surface area contributed by atoms with E-state index in [-0.39, 0.29) is 0 Å². The van der Waals surface area contributed by atoms with Gasteiger partial charge in [-0.2, -0.15) is 0 Å². The van der Waals surface area contributed by atoms with Crippen LogP contribution in [0.3, 0.4) is 0 Å². The molecule has 1 aliphatic rings. The number of hydrogen-bond donors (Lipinski definition) is 0. The Morgan fingerprint density at radius 3 is 2.66 bits per heavy atom. The van der Waals surface area contributed by atoms with Gasteiger partial charge < -0.3 is 4.57 Å². The smallest absolute Gasteiger partial charge is 0.164 e. The minimum atomic E-state index is 0.717. The summed E-state index contributed by atoms with van der Waals surface area (Å²) in [4.78, 5) is 23.3. The van der Waals surface area contributed by atoms with Crippen LogP contribution in [0.25, 0.3) is 33.8 Å². The number of hydrogen-bond acceptors (Lipinski definition) is 5. The molecule has 0 fully saturated rings. The molecule has 0 spiro atoms. The second-order valence-electron chi connectivity index (χ2n) is 8.20. The maximum absolute atomic E-state index is 5.09. The van der Waals surface area contributed by atoms with Crippen molar-refractivity contribution in [2.24, 2.45) is 0 Å². The predicted molar refractivity (Wildman–Crippen MR) is 124 cm³/mol. The Labute approximate surface area is 186 Å². The van der Waals surface area contributed by atoms with Gasteiger partial charge in [0.15, 0.2) is 5.65 Å². The zero-order valence-electron chi connectivity index (χ0n) is 17.6. The van der Waals surface area contributed by atoms with Crippen molar-refractivity contribution in [3.63, 3.8) is 0 Å². The molecule has 6 rings (SSSR count). The lowest BCUT2D eigenvalue weighted by molar-refractivity contribution is 0.684. The largest absolute Gasteiger partial charge is 0.311 e. The van der Waals surface area contributed by atoms with E-state index < -0.39 is 0 Å². The summed E-state index contributed by atoms with van der Waals surface area (Å²) in [6.45, 7) is 0.717. The van der Waals surface area contributed by atoms with E-state index in [9.17, 15) is 0 Å². The van der Waals surface area contributed by atoms with Crippen molar-refractivity contribution in [3.05, 3.63) is 90.3 Å². The predicted octanol–water partition coefficient (Wildman–Crippen LogP) is 4.88. The quantitative estimate of drug-likeness (QED) is 0.416. The molecular weight excluding hydrogens is 396 g/mol. The molecule has 0 saturated carbocycles. The Hall–Kier alpha value is -3.93. The van der Waals surface area contributed by atoms with Crippen molar-refractivity contribution >= 4 is 11.2 Å². The molecule has 32 heavy (non-hydrogen) atoms. The fourth-order valence-electron chi connectivity index (χ4n) is 4.55. The van der Waals surface area contributed by atoms with E-state index in [1.165, 1.54) is 29.5 Å². The van der Waals surface area contributed by atoms with Crippen LogP contribution in [0.2, 0.25) is 0 Å². The second kappa shape index (κ2) is 7.96. The SMILES string of the molecule is c1ccc(Cn2cnc3c(-c4nc(-c5cccnc5)cc5c4CCCC5)ncnc32)cc1. The van der Waals surface area contributed by atoms with Gasteiger partial charge in [-0.1, -0.05) is 30.3 Å². The summed E-state index contributed by atoms with van der Waals surface area (Å²) in [6, 6.07) is 16.6. The standard InChI is InChI=1S/C26H22N6/c1-2-7-18(8-3-1)15-32-17-30-25-24(28-16-29-26(25)32)23-21-11-5-4-9-19(21)13-22(31-23)20-10-6-12-27-14-20/h1-3,6-8,10,12-14,16-17H,4-5,9,11,15H2. The second-order valence-corrected chi connectivity index (χ2v) is 8.20. The first-order valence-electron chi connectivity index (χ1n) is 11.0. The van der Waals surface area contributed by atoms with Gasteiger partial charge in [-0.3, -0.25) is 4.98 Å². The minimum absolute atomic E-state index is 0.717. The Morgan fingerprint density at radius 1 is 0.875 bits per heavy atom. The molecule has 6 heteroatoms. The molecule has 0 amide bonds. The summed E-state index contributed by atoms with van der Waals surface area (Å²) < 4.78 is 2.08. The van der Waals surface area contributed by atoms with E-state index in [1.807, 2.05) is 24.7 Å². The molecule has 0 radical (unpaired) electrons. The van der Waals surface area contributed by atoms with Gasteiger partial charge >= 0.3 is 0 Å². The first-order valence-corrected chi connectivity index (χ1v) is 11.0. The maximum Gasteiger partial charge on any atom is 0.164 e. The van der Waals surface area contributed by atoms with E-state index in [0.717, 1.165) is 53.2 Å². The van der Waals surface area contributed by atoms with Crippen LogP contribution in [-0.2, 0) is 19.4 Å². The summed E-state index contributed by atoms with van der Waals surface area (Å²) in [5.74, 6) is 0. The number of benzene rings is 1. The van der Waals surface area contributed by atoms with Gasteiger partial charge in [-0.15, -0.1) is 0 Å². The Balaban J connectivity index is 1.51. The van der Waals surface area contributed by atoms with Crippen LogP contribution in [0.1, 0.15) is 29.5 Å². The molecule has 1 aromatic carbocycles. The Kier molecular flexibility index (Phi) is 4.68. The number of pyridine rings is 2. The third-order valence-corrected chi connectivity index (χ3v) is 6.12. The Morgan fingerprint density at radius 2 is 1.78 bits per heavy atom. The molecule has 1 aliphatic carbocycles. The third-order valence-electron chi connectivity index (χ3n) is 6.12. The molecular formula is C26H22N6. The van der Waals surface area contributed by atoms with E-state index in [0.29, 0.717) is 0 Å². The van der Waals surface area contributed by atoms with Gasteiger partial charge in [0.2, 0.25) is 0 Å². The average Bonchev–Trinajstić information content (AvgIpc) is 3.27. The zero-order valence-corrected chi connectivity index (χ0v) is 17.6. The first-order chi connectivity index (χ1) is 15.9. The van der Waals surface area contributed by atoms with Crippen molar-refractivity contribution in [1.82, 2.24) is 29.5 Å². The van der Waals surface area contributed by atoms with Gasteiger partial charge in [-0.05, 0) is 60.6 Å². The fourth-order valence-corrected chi connectivity index (χ4v) is 4.55. The number of imidazole rings is 1. The molecule has 6 nitrogen and oxygen atoms in total. The van der Waals surface area contributed by atoms with Crippen molar-refractivity contribution in [2.45, 2.75) is 32.2 Å². The minimum Gasteiger partial charge on any atom is -0.311 e. The van der Waals surface area contributed by atoms with Crippen LogP contribution < -0.4 is 0 Å². The summed E-state index contributed by atoms with van der Waals surface area (Å²) in [7, 11) is 0. The topological polar surface area (TPSA) is 69.4 Å². The van der Waals surface area contributed by atoms with Gasteiger partial charge in [-0.25, -0.2) is 19.9 Å². The van der Waals surface area contributed by atoms with Gasteiger partial charge in [0.25, 0.3) is 0 Å². The van der Waals surface area contributed by atoms with E-state index in [4.69, 9.17) is 9.97 Å². The van der Waals surface area contributed by atoms with Crippen molar-refractivity contribution in [2.75, 3.05) is 0 Å². The van der Waals surface area contributed by atoms with Gasteiger partial charge in [0.1, 0.15) is 17.5 Å². The number of nitrogens with zero attached hydrogens (tertiary/aromatic N) is 6. The van der Waals surface area contributed by atoms with E-state index in [2.05, 4.69) is 55.9 Å². The molecule has 156 valence electrons. The van der Waals surface area contributed by atoms with E-state index >= 15 is 0 Å². The fraction of sp³-hybridized carbons (Fsp3) is 0.192. The lowest BCUT2D eigenvalue weighted by atomic mass is 9.88. The molecule has 4 aromatic heterocycles. The van der Waals surface area contributed by atoms with Crippen LogP contribution in [-0.4, -0.2) is 29.5 Å². The van der Waals surface area contributed by atoms with Crippen molar-refractivity contribution < 1.29 is 0 Å². The third kappa shape index (κ3) is 3.34. The van der Waals surface area contributed by atoms with E-state index in [1.54, 1.807) is 12.5 Å². The summed E-state index contributed by atoms with van der Waals surface area (Å²) in [5, 5.41) is 0. The highest BCUT2D eigenvalue weighted by atomic mass is 15.1. The van der Waals surface area contributed by atoms with Crippen LogP contribution in [0.5, 0.6) is 0 Å². The maximum atomic E-state index is 5.09. The molecule has 0 unspecified atom stereocenters. The molecule has 0 atom stereocenters. The molecule has 0 bridgehead atoms.